The van der Waals surface area contributed by atoms with Gasteiger partial charge in [-0.05, 0) is 48.0 Å². The normalized spacial score (nSPS) is 11.7. The third kappa shape index (κ3) is 6.17. The molecule has 0 saturated heterocycles. The molecule has 10 heteroatoms. The Labute approximate surface area is 184 Å². The number of pyridine rings is 1. The van der Waals surface area contributed by atoms with Gasteiger partial charge in [-0.15, -0.1) is 0 Å². The Hall–Kier alpha value is -3.14. The molecule has 3 aromatic rings. The largest absolute Gasteiger partial charge is 0.272 e. The molecule has 0 unspecified atom stereocenters. The molecular formula is C21H18ClFN4O3S. The van der Waals surface area contributed by atoms with Crippen molar-refractivity contribution < 1.29 is 17.6 Å². The smallest absolute Gasteiger partial charge is 0.255 e. The van der Waals surface area contributed by atoms with Crippen LogP contribution in [0.25, 0.3) is 0 Å². The minimum absolute atomic E-state index is 0.0682. The standard InChI is InChI=1S/C21H18ClFN4O3S/c22-18-5-7-19(8-6-18)31(29,30)27(14-17-3-1-2-4-20(17)23)15-21(28)26-25-13-16-9-11-24-12-10-16/h1-13H,14-15H2,(H,26,28). The van der Waals surface area contributed by atoms with Gasteiger partial charge in [-0.1, -0.05) is 29.8 Å². The molecule has 0 fully saturated rings. The first-order chi connectivity index (χ1) is 14.9. The second-order valence-electron chi connectivity index (χ2n) is 6.39. The summed E-state index contributed by atoms with van der Waals surface area (Å²) in [6, 6.07) is 14.6. The van der Waals surface area contributed by atoms with Gasteiger partial charge in [-0.25, -0.2) is 18.2 Å². The van der Waals surface area contributed by atoms with E-state index in [-0.39, 0.29) is 17.0 Å². The summed E-state index contributed by atoms with van der Waals surface area (Å²) >= 11 is 5.84. The van der Waals surface area contributed by atoms with E-state index in [1.807, 2.05) is 0 Å². The zero-order valence-corrected chi connectivity index (χ0v) is 17.7. The number of benzene rings is 2. The Balaban J connectivity index is 1.81. The number of carbonyl (C=O) groups excluding carboxylic acids is 1. The second-order valence-corrected chi connectivity index (χ2v) is 8.77. The number of halogens is 2. The van der Waals surface area contributed by atoms with Crippen molar-refractivity contribution in [2.75, 3.05) is 6.54 Å². The monoisotopic (exact) mass is 460 g/mol. The van der Waals surface area contributed by atoms with Gasteiger partial charge in [0, 0.05) is 29.5 Å². The van der Waals surface area contributed by atoms with E-state index in [0.717, 1.165) is 4.31 Å². The van der Waals surface area contributed by atoms with Crippen LogP contribution in [-0.4, -0.2) is 36.4 Å². The zero-order chi connectivity index (χ0) is 22.3. The highest BCUT2D eigenvalue weighted by molar-refractivity contribution is 7.89. The maximum atomic E-state index is 14.2. The highest BCUT2D eigenvalue weighted by Crippen LogP contribution is 2.21. The molecule has 0 radical (unpaired) electrons. The molecule has 31 heavy (non-hydrogen) atoms. The molecule has 0 spiro atoms. The first-order valence-corrected chi connectivity index (χ1v) is 10.9. The molecule has 1 heterocycles. The fourth-order valence-corrected chi connectivity index (χ4v) is 4.12. The number of carbonyl (C=O) groups is 1. The highest BCUT2D eigenvalue weighted by atomic mass is 35.5. The lowest BCUT2D eigenvalue weighted by molar-refractivity contribution is -0.121. The van der Waals surface area contributed by atoms with Crippen LogP contribution in [-0.2, 0) is 21.4 Å². The number of aromatic nitrogens is 1. The van der Waals surface area contributed by atoms with Gasteiger partial charge in [0.05, 0.1) is 17.7 Å². The van der Waals surface area contributed by atoms with Crippen LogP contribution in [0.5, 0.6) is 0 Å². The van der Waals surface area contributed by atoms with Gasteiger partial charge >= 0.3 is 0 Å². The Bertz CT molecular complexity index is 1170. The molecule has 7 nitrogen and oxygen atoms in total. The van der Waals surface area contributed by atoms with Crippen molar-refractivity contribution in [1.29, 1.82) is 0 Å². The van der Waals surface area contributed by atoms with E-state index in [4.69, 9.17) is 11.6 Å². The number of nitrogens with one attached hydrogen (secondary N) is 1. The van der Waals surface area contributed by atoms with Gasteiger partial charge in [-0.2, -0.15) is 9.41 Å². The van der Waals surface area contributed by atoms with Crippen LogP contribution in [0.2, 0.25) is 5.02 Å². The van der Waals surface area contributed by atoms with E-state index >= 15 is 0 Å². The number of sulfonamides is 1. The van der Waals surface area contributed by atoms with Crippen LogP contribution >= 0.6 is 11.6 Å². The van der Waals surface area contributed by atoms with Crippen molar-refractivity contribution in [2.45, 2.75) is 11.4 Å². The van der Waals surface area contributed by atoms with Crippen molar-refractivity contribution in [2.24, 2.45) is 5.10 Å². The average molecular weight is 461 g/mol. The molecule has 0 atom stereocenters. The lowest BCUT2D eigenvalue weighted by atomic mass is 10.2. The maximum absolute atomic E-state index is 14.2. The average Bonchev–Trinajstić information content (AvgIpc) is 2.76. The lowest BCUT2D eigenvalue weighted by Crippen LogP contribution is -2.39. The van der Waals surface area contributed by atoms with Crippen LogP contribution in [0, 0.1) is 5.82 Å². The summed E-state index contributed by atoms with van der Waals surface area (Å²) in [6.45, 7) is -0.897. The molecule has 160 valence electrons. The van der Waals surface area contributed by atoms with Crippen molar-refractivity contribution in [3.8, 4) is 0 Å². The van der Waals surface area contributed by atoms with Gasteiger partial charge < -0.3 is 0 Å². The van der Waals surface area contributed by atoms with Gasteiger partial charge in [0.2, 0.25) is 10.0 Å². The summed E-state index contributed by atoms with van der Waals surface area (Å²) < 4.78 is 41.3. The van der Waals surface area contributed by atoms with E-state index in [0.29, 0.717) is 10.6 Å². The van der Waals surface area contributed by atoms with Gasteiger partial charge in [0.15, 0.2) is 0 Å². The summed E-state index contributed by atoms with van der Waals surface area (Å²) in [5, 5.41) is 4.18. The molecule has 0 aliphatic heterocycles. The Morgan fingerprint density at radius 2 is 1.77 bits per heavy atom. The van der Waals surface area contributed by atoms with Gasteiger partial charge in [0.25, 0.3) is 5.91 Å². The first kappa shape index (κ1) is 22.5. The predicted octanol–water partition coefficient (Wildman–Crippen LogP) is 3.22. The summed E-state index contributed by atoms with van der Waals surface area (Å²) in [5.74, 6) is -1.26. The molecule has 2 aromatic carbocycles. The van der Waals surface area contributed by atoms with Crippen LogP contribution in [0.3, 0.4) is 0 Å². The second kappa shape index (κ2) is 10.3. The van der Waals surface area contributed by atoms with E-state index in [9.17, 15) is 17.6 Å². The molecule has 1 amide bonds. The third-order valence-corrected chi connectivity index (χ3v) is 6.24. The SMILES string of the molecule is O=C(CN(Cc1ccccc1F)S(=O)(=O)c1ccc(Cl)cc1)NN=Cc1ccncc1. The molecule has 1 aromatic heterocycles. The van der Waals surface area contributed by atoms with Crippen LogP contribution in [0.1, 0.15) is 11.1 Å². The topological polar surface area (TPSA) is 91.7 Å². The van der Waals surface area contributed by atoms with Crippen LogP contribution in [0.15, 0.2) is 83.1 Å². The Morgan fingerprint density at radius 1 is 1.10 bits per heavy atom. The maximum Gasteiger partial charge on any atom is 0.255 e. The number of rotatable bonds is 8. The van der Waals surface area contributed by atoms with Crippen molar-refractivity contribution in [3.63, 3.8) is 0 Å². The molecule has 0 saturated carbocycles. The fraction of sp³-hybridized carbons (Fsp3) is 0.0952. The van der Waals surface area contributed by atoms with Crippen molar-refractivity contribution >= 4 is 33.7 Å². The number of hydrazone groups is 1. The van der Waals surface area contributed by atoms with Crippen molar-refractivity contribution in [3.05, 3.63) is 95.0 Å². The molecule has 0 aliphatic carbocycles. The summed E-state index contributed by atoms with van der Waals surface area (Å²) in [5.41, 5.74) is 3.12. The minimum Gasteiger partial charge on any atom is -0.272 e. The van der Waals surface area contributed by atoms with E-state index < -0.39 is 28.3 Å². The quantitative estimate of drug-likeness (QED) is 0.412. The van der Waals surface area contributed by atoms with Crippen LogP contribution in [0.4, 0.5) is 4.39 Å². The van der Waals surface area contributed by atoms with Gasteiger partial charge in [-0.3, -0.25) is 9.78 Å². The van der Waals surface area contributed by atoms with E-state index in [1.165, 1.54) is 48.7 Å². The van der Waals surface area contributed by atoms with Gasteiger partial charge in [0.1, 0.15) is 5.82 Å². The van der Waals surface area contributed by atoms with E-state index in [2.05, 4.69) is 15.5 Å². The molecule has 3 rings (SSSR count). The third-order valence-electron chi connectivity index (χ3n) is 4.18. The fourth-order valence-electron chi connectivity index (χ4n) is 2.62. The first-order valence-electron chi connectivity index (χ1n) is 9.07. The number of nitrogens with zero attached hydrogens (tertiary/aromatic N) is 3. The molecule has 0 bridgehead atoms. The number of hydrogen-bond acceptors (Lipinski definition) is 5. The Kier molecular flexibility index (Phi) is 7.45. The minimum atomic E-state index is -4.12. The lowest BCUT2D eigenvalue weighted by Gasteiger charge is -2.21. The Morgan fingerprint density at radius 3 is 2.45 bits per heavy atom. The number of hydrogen-bond donors (Lipinski definition) is 1. The van der Waals surface area contributed by atoms with Crippen LogP contribution < -0.4 is 5.43 Å². The summed E-state index contributed by atoms with van der Waals surface area (Å²) in [6.07, 6.45) is 4.53. The number of amides is 1. The molecular weight excluding hydrogens is 443 g/mol. The summed E-state index contributed by atoms with van der Waals surface area (Å²) in [4.78, 5) is 16.2. The van der Waals surface area contributed by atoms with Crippen molar-refractivity contribution in [1.82, 2.24) is 14.7 Å². The highest BCUT2D eigenvalue weighted by Gasteiger charge is 2.27. The molecule has 1 N–H and O–H groups in total. The zero-order valence-electron chi connectivity index (χ0n) is 16.2. The summed E-state index contributed by atoms with van der Waals surface area (Å²) in [7, 11) is -4.12. The van der Waals surface area contributed by atoms with E-state index in [1.54, 1.807) is 30.6 Å². The predicted molar refractivity (Wildman–Crippen MR) is 115 cm³/mol. The molecule has 0 aliphatic rings.